The number of anilines is 1. The number of nitrogens with zero attached hydrogens (tertiary/aromatic N) is 1. The number of rotatable bonds is 13. The molecule has 7 nitrogen and oxygen atoms in total. The molecular formula is C23H32N2O5. The Morgan fingerprint density at radius 3 is 2.10 bits per heavy atom. The quantitative estimate of drug-likeness (QED) is 0.297. The second-order valence-corrected chi connectivity index (χ2v) is 7.60. The van der Waals surface area contributed by atoms with Gasteiger partial charge in [-0.2, -0.15) is 0 Å². The van der Waals surface area contributed by atoms with Crippen LogP contribution < -0.4 is 5.32 Å². The van der Waals surface area contributed by atoms with Crippen molar-refractivity contribution in [3.8, 4) is 0 Å². The van der Waals surface area contributed by atoms with E-state index in [0.717, 1.165) is 51.4 Å². The van der Waals surface area contributed by atoms with Gasteiger partial charge in [0.1, 0.15) is 0 Å². The minimum absolute atomic E-state index is 0.0298. The summed E-state index contributed by atoms with van der Waals surface area (Å²) in [5.74, 6) is -0.627. The summed E-state index contributed by atoms with van der Waals surface area (Å²) in [5.41, 5.74) is 0.832. The maximum Gasteiger partial charge on any atom is 0.339 e. The third-order valence-corrected chi connectivity index (χ3v) is 5.30. The Morgan fingerprint density at radius 1 is 0.900 bits per heavy atom. The van der Waals surface area contributed by atoms with Gasteiger partial charge in [0.2, 0.25) is 17.7 Å². The Hall–Kier alpha value is -2.70. The van der Waals surface area contributed by atoms with Gasteiger partial charge in [0, 0.05) is 25.8 Å². The van der Waals surface area contributed by atoms with Crippen LogP contribution >= 0.6 is 0 Å². The highest BCUT2D eigenvalue weighted by atomic mass is 16.5. The van der Waals surface area contributed by atoms with Crippen LogP contribution in [-0.4, -0.2) is 42.2 Å². The van der Waals surface area contributed by atoms with E-state index in [9.17, 15) is 19.2 Å². The van der Waals surface area contributed by atoms with Crippen LogP contribution in [0.5, 0.6) is 0 Å². The number of carbonyl (C=O) groups is 4. The van der Waals surface area contributed by atoms with Gasteiger partial charge in [-0.25, -0.2) is 4.79 Å². The summed E-state index contributed by atoms with van der Waals surface area (Å²) in [5, 5.41) is 2.79. The fraction of sp³-hybridized carbons (Fsp3) is 0.565. The van der Waals surface area contributed by atoms with Crippen LogP contribution in [0.25, 0.3) is 0 Å². The normalized spacial score (nSPS) is 13.6. The van der Waals surface area contributed by atoms with E-state index in [2.05, 4.69) is 5.32 Å². The van der Waals surface area contributed by atoms with E-state index in [0.29, 0.717) is 37.1 Å². The summed E-state index contributed by atoms with van der Waals surface area (Å²) in [7, 11) is 1.32. The first-order chi connectivity index (χ1) is 14.5. The van der Waals surface area contributed by atoms with Gasteiger partial charge < -0.3 is 10.1 Å². The van der Waals surface area contributed by atoms with Crippen molar-refractivity contribution in [2.75, 3.05) is 19.0 Å². The number of hydrogen-bond acceptors (Lipinski definition) is 5. The van der Waals surface area contributed by atoms with Crippen molar-refractivity contribution in [2.45, 2.75) is 70.6 Å². The molecular weight excluding hydrogens is 384 g/mol. The fourth-order valence-electron chi connectivity index (χ4n) is 3.58. The van der Waals surface area contributed by atoms with Crippen LogP contribution in [0.15, 0.2) is 24.3 Å². The molecule has 7 heteroatoms. The number of unbranched alkanes of at least 4 members (excludes halogenated alkanes) is 7. The van der Waals surface area contributed by atoms with Crippen molar-refractivity contribution in [3.05, 3.63) is 29.8 Å². The number of ether oxygens (including phenoxy) is 1. The molecule has 1 saturated heterocycles. The molecule has 0 aliphatic carbocycles. The summed E-state index contributed by atoms with van der Waals surface area (Å²) in [6.07, 6.45) is 9.29. The molecule has 1 aliphatic rings. The van der Waals surface area contributed by atoms with Gasteiger partial charge >= 0.3 is 5.97 Å². The molecule has 164 valence electrons. The van der Waals surface area contributed by atoms with E-state index in [1.165, 1.54) is 12.0 Å². The smallest absolute Gasteiger partial charge is 0.339 e. The molecule has 30 heavy (non-hydrogen) atoms. The van der Waals surface area contributed by atoms with Gasteiger partial charge in [0.25, 0.3) is 0 Å². The monoisotopic (exact) mass is 416 g/mol. The van der Waals surface area contributed by atoms with Crippen molar-refractivity contribution in [2.24, 2.45) is 0 Å². The number of nitrogens with one attached hydrogen (secondary N) is 1. The first-order valence-electron chi connectivity index (χ1n) is 10.8. The van der Waals surface area contributed by atoms with Gasteiger partial charge in [0.15, 0.2) is 0 Å². The van der Waals surface area contributed by atoms with E-state index < -0.39 is 5.97 Å². The summed E-state index contributed by atoms with van der Waals surface area (Å²) in [6.45, 7) is 0.561. The molecule has 0 aromatic heterocycles. The molecule has 0 saturated carbocycles. The van der Waals surface area contributed by atoms with Crippen LogP contribution in [0, 0.1) is 0 Å². The molecule has 1 N–H and O–H groups in total. The standard InChI is InChI=1S/C23H32N2O5/c1-30-23(29)18-12-9-10-13-19(18)24-20(26)14-8-6-4-2-3-5-7-11-17-25-21(27)15-16-22(25)28/h9-10,12-13H,2-8,11,14-17H2,1H3,(H,24,26). The number of amides is 3. The van der Waals surface area contributed by atoms with Gasteiger partial charge in [-0.3, -0.25) is 19.3 Å². The van der Waals surface area contributed by atoms with Crippen molar-refractivity contribution >= 4 is 29.4 Å². The second-order valence-electron chi connectivity index (χ2n) is 7.60. The summed E-state index contributed by atoms with van der Waals surface area (Å²) >= 11 is 0. The summed E-state index contributed by atoms with van der Waals surface area (Å²) in [6, 6.07) is 6.82. The number of carbonyl (C=O) groups excluding carboxylic acids is 4. The Balaban J connectivity index is 1.49. The third kappa shape index (κ3) is 7.61. The zero-order valence-electron chi connectivity index (χ0n) is 17.8. The molecule has 0 unspecified atom stereocenters. The van der Waals surface area contributed by atoms with Crippen molar-refractivity contribution in [3.63, 3.8) is 0 Å². The third-order valence-electron chi connectivity index (χ3n) is 5.30. The van der Waals surface area contributed by atoms with Gasteiger partial charge in [-0.15, -0.1) is 0 Å². The fourth-order valence-corrected chi connectivity index (χ4v) is 3.58. The van der Waals surface area contributed by atoms with Crippen LogP contribution in [0.2, 0.25) is 0 Å². The van der Waals surface area contributed by atoms with Crippen LogP contribution in [0.1, 0.15) is 81.0 Å². The van der Waals surface area contributed by atoms with Crippen molar-refractivity contribution in [1.82, 2.24) is 4.90 Å². The minimum atomic E-state index is -0.468. The zero-order chi connectivity index (χ0) is 21.8. The number of likely N-dealkylation sites (tertiary alicyclic amines) is 1. The molecule has 0 atom stereocenters. The highest BCUT2D eigenvalue weighted by molar-refractivity contribution is 6.02. The average Bonchev–Trinajstić information content (AvgIpc) is 3.06. The molecule has 1 heterocycles. The molecule has 1 fully saturated rings. The topological polar surface area (TPSA) is 92.8 Å². The lowest BCUT2D eigenvalue weighted by atomic mass is 10.1. The van der Waals surface area contributed by atoms with E-state index >= 15 is 0 Å². The molecule has 0 bridgehead atoms. The lowest BCUT2D eigenvalue weighted by Gasteiger charge is -2.13. The Labute approximate surface area is 178 Å². The van der Waals surface area contributed by atoms with E-state index in [-0.39, 0.29) is 17.7 Å². The molecule has 1 aliphatic heterocycles. The Kier molecular flexibility index (Phi) is 10.0. The largest absolute Gasteiger partial charge is 0.465 e. The number of esters is 1. The second kappa shape index (κ2) is 12.8. The van der Waals surface area contributed by atoms with Gasteiger partial charge in [-0.05, 0) is 25.0 Å². The minimum Gasteiger partial charge on any atom is -0.465 e. The molecule has 0 radical (unpaired) electrons. The lowest BCUT2D eigenvalue weighted by molar-refractivity contribution is -0.138. The maximum absolute atomic E-state index is 12.1. The average molecular weight is 417 g/mol. The number of imide groups is 1. The highest BCUT2D eigenvalue weighted by Gasteiger charge is 2.27. The number of methoxy groups -OCH3 is 1. The predicted octanol–water partition coefficient (Wildman–Crippen LogP) is 4.07. The van der Waals surface area contributed by atoms with Gasteiger partial charge in [-0.1, -0.05) is 50.7 Å². The predicted molar refractivity (Wildman–Crippen MR) is 114 cm³/mol. The van der Waals surface area contributed by atoms with Gasteiger partial charge in [0.05, 0.1) is 18.4 Å². The van der Waals surface area contributed by atoms with Crippen LogP contribution in [0.4, 0.5) is 5.69 Å². The molecule has 2 rings (SSSR count). The zero-order valence-corrected chi connectivity index (χ0v) is 17.8. The number of para-hydroxylation sites is 1. The lowest BCUT2D eigenvalue weighted by Crippen LogP contribution is -2.29. The first-order valence-corrected chi connectivity index (χ1v) is 10.8. The molecule has 0 spiro atoms. The maximum atomic E-state index is 12.1. The summed E-state index contributed by atoms with van der Waals surface area (Å²) in [4.78, 5) is 48.3. The van der Waals surface area contributed by atoms with Crippen LogP contribution in [-0.2, 0) is 19.1 Å². The molecule has 3 amide bonds. The molecule has 1 aromatic carbocycles. The summed E-state index contributed by atoms with van der Waals surface area (Å²) < 4.78 is 4.73. The molecule has 1 aromatic rings. The van der Waals surface area contributed by atoms with Crippen molar-refractivity contribution < 1.29 is 23.9 Å². The van der Waals surface area contributed by atoms with E-state index in [4.69, 9.17) is 4.74 Å². The number of benzene rings is 1. The number of hydrogen-bond donors (Lipinski definition) is 1. The van der Waals surface area contributed by atoms with Crippen LogP contribution in [0.3, 0.4) is 0 Å². The highest BCUT2D eigenvalue weighted by Crippen LogP contribution is 2.17. The SMILES string of the molecule is COC(=O)c1ccccc1NC(=O)CCCCCCCCCCN1C(=O)CCC1=O. The first kappa shape index (κ1) is 23.6. The van der Waals surface area contributed by atoms with E-state index in [1.807, 2.05) is 0 Å². The Bertz CT molecular complexity index is 731. The van der Waals surface area contributed by atoms with E-state index in [1.54, 1.807) is 24.3 Å². The Morgan fingerprint density at radius 2 is 1.47 bits per heavy atom. The van der Waals surface area contributed by atoms with Crippen molar-refractivity contribution in [1.29, 1.82) is 0 Å².